The first-order valence-corrected chi connectivity index (χ1v) is 10.2. The Morgan fingerprint density at radius 2 is 1.81 bits per heavy atom. The molecule has 1 amide bonds. The van der Waals surface area contributed by atoms with Crippen molar-refractivity contribution in [2.24, 2.45) is 5.92 Å². The molecule has 2 aromatic rings. The van der Waals surface area contributed by atoms with Crippen molar-refractivity contribution < 1.29 is 4.79 Å². The van der Waals surface area contributed by atoms with Crippen LogP contribution in [0.25, 0.3) is 0 Å². The van der Waals surface area contributed by atoms with E-state index in [2.05, 4.69) is 61.6 Å². The van der Waals surface area contributed by atoms with Crippen molar-refractivity contribution in [3.63, 3.8) is 0 Å². The van der Waals surface area contributed by atoms with Gasteiger partial charge in [0.05, 0.1) is 5.92 Å². The first kappa shape index (κ1) is 19.6. The van der Waals surface area contributed by atoms with Crippen LogP contribution in [0.15, 0.2) is 48.5 Å². The molecular weight excluding hydrogens is 352 g/mol. The highest BCUT2D eigenvalue weighted by Gasteiger charge is 2.23. The molecule has 0 aromatic heterocycles. The number of rotatable bonds is 4. The van der Waals surface area contributed by atoms with E-state index in [4.69, 9.17) is 12.2 Å². The summed E-state index contributed by atoms with van der Waals surface area (Å²) in [4.78, 5) is 14.8. The molecule has 0 bridgehead atoms. The van der Waals surface area contributed by atoms with E-state index in [-0.39, 0.29) is 11.8 Å². The lowest BCUT2D eigenvalue weighted by molar-refractivity contribution is -0.120. The van der Waals surface area contributed by atoms with Crippen LogP contribution in [0.5, 0.6) is 0 Å². The van der Waals surface area contributed by atoms with Crippen molar-refractivity contribution in [3.05, 3.63) is 65.2 Å². The van der Waals surface area contributed by atoms with Crippen LogP contribution in [-0.4, -0.2) is 17.6 Å². The van der Waals surface area contributed by atoms with Crippen molar-refractivity contribution in [1.29, 1.82) is 0 Å². The highest BCUT2D eigenvalue weighted by atomic mass is 32.1. The zero-order valence-corrected chi connectivity index (χ0v) is 17.2. The number of anilines is 1. The third-order valence-electron chi connectivity index (χ3n) is 5.10. The number of carbonyl (C=O) groups is 1. The van der Waals surface area contributed by atoms with Crippen LogP contribution in [0, 0.1) is 5.92 Å². The van der Waals surface area contributed by atoms with Gasteiger partial charge in [0.1, 0.15) is 0 Å². The molecule has 1 heterocycles. The lowest BCUT2D eigenvalue weighted by atomic mass is 9.96. The molecule has 0 spiro atoms. The van der Waals surface area contributed by atoms with Gasteiger partial charge in [0.15, 0.2) is 5.11 Å². The number of hydrogen-bond acceptors (Lipinski definition) is 2. The molecule has 1 aliphatic heterocycles. The summed E-state index contributed by atoms with van der Waals surface area (Å²) in [6, 6.07) is 16.6. The Balaban J connectivity index is 1.65. The van der Waals surface area contributed by atoms with Gasteiger partial charge in [-0.25, -0.2) is 0 Å². The number of para-hydroxylation sites is 1. The van der Waals surface area contributed by atoms with Gasteiger partial charge in [-0.15, -0.1) is 0 Å². The molecule has 1 atom stereocenters. The Labute approximate surface area is 167 Å². The third kappa shape index (κ3) is 4.75. The Morgan fingerprint density at radius 3 is 2.52 bits per heavy atom. The molecule has 0 aliphatic carbocycles. The Bertz CT molecular complexity index is 813. The van der Waals surface area contributed by atoms with E-state index in [1.165, 1.54) is 11.1 Å². The molecule has 1 aliphatic rings. The summed E-state index contributed by atoms with van der Waals surface area (Å²) >= 11 is 5.56. The number of amides is 1. The fourth-order valence-corrected chi connectivity index (χ4v) is 3.88. The maximum absolute atomic E-state index is 12.7. The molecule has 0 saturated carbocycles. The Morgan fingerprint density at radius 1 is 1.11 bits per heavy atom. The highest BCUT2D eigenvalue weighted by Crippen LogP contribution is 2.27. The van der Waals surface area contributed by atoms with Gasteiger partial charge >= 0.3 is 0 Å². The van der Waals surface area contributed by atoms with Gasteiger partial charge in [-0.2, -0.15) is 0 Å². The maximum atomic E-state index is 12.7. The second-order valence-electron chi connectivity index (χ2n) is 7.74. The molecule has 142 valence electrons. The summed E-state index contributed by atoms with van der Waals surface area (Å²) in [5, 5.41) is 3.45. The van der Waals surface area contributed by atoms with Crippen molar-refractivity contribution in [2.75, 3.05) is 11.4 Å². The molecular formula is C23H28N2OS. The number of nitrogens with one attached hydrogen (secondary N) is 1. The number of thiocarbonyl (C=S) groups is 1. The lowest BCUT2D eigenvalue weighted by Crippen LogP contribution is -2.46. The fraction of sp³-hybridized carbons (Fsp3) is 0.391. The molecule has 3 rings (SSSR count). The summed E-state index contributed by atoms with van der Waals surface area (Å²) in [5.41, 5.74) is 4.72. The predicted molar refractivity (Wildman–Crippen MR) is 116 cm³/mol. The molecule has 4 heteroatoms. The molecule has 27 heavy (non-hydrogen) atoms. The number of benzene rings is 2. The van der Waals surface area contributed by atoms with Gasteiger partial charge in [0.2, 0.25) is 5.91 Å². The normalized spacial score (nSPS) is 14.6. The smallest absolute Gasteiger partial charge is 0.233 e. The minimum absolute atomic E-state index is 0.0559. The van der Waals surface area contributed by atoms with Gasteiger partial charge < -0.3 is 10.2 Å². The molecule has 2 aromatic carbocycles. The average molecular weight is 381 g/mol. The predicted octanol–water partition coefficient (Wildman–Crippen LogP) is 4.84. The van der Waals surface area contributed by atoms with Gasteiger partial charge in [-0.3, -0.25) is 4.79 Å². The van der Waals surface area contributed by atoms with E-state index in [0.717, 1.165) is 37.1 Å². The van der Waals surface area contributed by atoms with E-state index < -0.39 is 0 Å². The van der Waals surface area contributed by atoms with E-state index in [9.17, 15) is 4.79 Å². The summed E-state index contributed by atoms with van der Waals surface area (Å²) in [6.07, 6.45) is 3.15. The molecule has 0 saturated heterocycles. The number of aryl methyl sites for hydroxylation is 1. The van der Waals surface area contributed by atoms with Gasteiger partial charge in [-0.05, 0) is 67.1 Å². The second kappa shape index (κ2) is 8.66. The number of carbonyl (C=O) groups excluding carboxylic acids is 1. The monoisotopic (exact) mass is 380 g/mol. The van der Waals surface area contributed by atoms with Crippen LogP contribution in [-0.2, 0) is 17.6 Å². The SMILES string of the molecule is CC(C)Cc1ccc(C(C)C(=O)NC(=S)N2CCCc3ccccc32)cc1. The Hall–Kier alpha value is -2.20. The summed E-state index contributed by atoms with van der Waals surface area (Å²) in [5.74, 6) is 0.331. The minimum Gasteiger partial charge on any atom is -0.318 e. The van der Waals surface area contributed by atoms with Crippen LogP contribution in [0.2, 0.25) is 0 Å². The first-order chi connectivity index (χ1) is 13.0. The van der Waals surface area contributed by atoms with Crippen molar-refractivity contribution >= 4 is 28.9 Å². The van der Waals surface area contributed by atoms with E-state index in [1.54, 1.807) is 0 Å². The molecule has 0 fully saturated rings. The van der Waals surface area contributed by atoms with Gasteiger partial charge in [-0.1, -0.05) is 56.3 Å². The van der Waals surface area contributed by atoms with E-state index in [0.29, 0.717) is 11.0 Å². The van der Waals surface area contributed by atoms with Crippen LogP contribution in [0.3, 0.4) is 0 Å². The zero-order chi connectivity index (χ0) is 19.4. The lowest BCUT2D eigenvalue weighted by Gasteiger charge is -2.31. The standard InChI is InChI=1S/C23H28N2OS/c1-16(2)15-18-10-12-19(13-11-18)17(3)22(26)24-23(27)25-14-6-8-20-7-4-5-9-21(20)25/h4-5,7,9-13,16-17H,6,8,14-15H2,1-3H3,(H,24,26,27). The molecule has 0 radical (unpaired) electrons. The molecule has 1 unspecified atom stereocenters. The van der Waals surface area contributed by atoms with Crippen LogP contribution < -0.4 is 10.2 Å². The number of fused-ring (bicyclic) bond motifs is 1. The maximum Gasteiger partial charge on any atom is 0.233 e. The largest absolute Gasteiger partial charge is 0.318 e. The highest BCUT2D eigenvalue weighted by molar-refractivity contribution is 7.80. The van der Waals surface area contributed by atoms with E-state index >= 15 is 0 Å². The van der Waals surface area contributed by atoms with Crippen LogP contribution in [0.4, 0.5) is 5.69 Å². The molecule has 3 nitrogen and oxygen atoms in total. The van der Waals surface area contributed by atoms with Crippen molar-refractivity contribution in [1.82, 2.24) is 5.32 Å². The van der Waals surface area contributed by atoms with Crippen LogP contribution >= 0.6 is 12.2 Å². The summed E-state index contributed by atoms with van der Waals surface area (Å²) < 4.78 is 0. The van der Waals surface area contributed by atoms with Crippen LogP contribution in [0.1, 0.15) is 49.8 Å². The first-order valence-electron chi connectivity index (χ1n) is 9.75. The van der Waals surface area contributed by atoms with E-state index in [1.807, 2.05) is 17.9 Å². The fourth-order valence-electron chi connectivity index (χ4n) is 3.59. The van der Waals surface area contributed by atoms with Gasteiger partial charge in [0, 0.05) is 12.2 Å². The van der Waals surface area contributed by atoms with Crippen molar-refractivity contribution in [2.45, 2.75) is 46.0 Å². The number of hydrogen-bond donors (Lipinski definition) is 1. The molecule has 1 N–H and O–H groups in total. The topological polar surface area (TPSA) is 32.3 Å². The quantitative estimate of drug-likeness (QED) is 0.770. The number of nitrogens with zero attached hydrogens (tertiary/aromatic N) is 1. The minimum atomic E-state index is -0.240. The summed E-state index contributed by atoms with van der Waals surface area (Å²) in [6.45, 7) is 7.20. The second-order valence-corrected chi connectivity index (χ2v) is 8.13. The van der Waals surface area contributed by atoms with Crippen molar-refractivity contribution in [3.8, 4) is 0 Å². The van der Waals surface area contributed by atoms with Gasteiger partial charge in [0.25, 0.3) is 0 Å². The third-order valence-corrected chi connectivity index (χ3v) is 5.42. The summed E-state index contributed by atoms with van der Waals surface area (Å²) in [7, 11) is 0. The Kier molecular flexibility index (Phi) is 6.27. The average Bonchev–Trinajstić information content (AvgIpc) is 2.67. The zero-order valence-electron chi connectivity index (χ0n) is 16.4.